The molecule has 44 heavy (non-hydrogen) atoms. The molecule has 1 amide bonds. The average Bonchev–Trinajstić information content (AvgIpc) is 2.99. The molecule has 244 valence electrons. The monoisotopic (exact) mass is 614 g/mol. The first-order chi connectivity index (χ1) is 20.8. The van der Waals surface area contributed by atoms with Crippen molar-refractivity contribution in [1.82, 2.24) is 0 Å². The summed E-state index contributed by atoms with van der Waals surface area (Å²) in [7, 11) is 0. The van der Waals surface area contributed by atoms with Crippen LogP contribution in [0.3, 0.4) is 0 Å². The molecule has 0 radical (unpaired) electrons. The fourth-order valence-corrected chi connectivity index (χ4v) is 3.82. The predicted octanol–water partition coefficient (Wildman–Crippen LogP) is 11.3. The van der Waals surface area contributed by atoms with Crippen molar-refractivity contribution >= 4 is 12.6 Å². The number of phenolic OH excluding ortho intramolecular Hbond substituents is 1. The van der Waals surface area contributed by atoms with Gasteiger partial charge in [-0.15, -0.1) is 0 Å². The summed E-state index contributed by atoms with van der Waals surface area (Å²) in [5.74, 6) is 0.999. The summed E-state index contributed by atoms with van der Waals surface area (Å²) in [6, 6.07) is 14.1. The van der Waals surface area contributed by atoms with E-state index in [0.29, 0.717) is 16.7 Å². The summed E-state index contributed by atoms with van der Waals surface area (Å²) < 4.78 is 39.4. The normalized spacial score (nSPS) is 10.8. The minimum Gasteiger partial charge on any atom is -0.507 e. The van der Waals surface area contributed by atoms with E-state index < -0.39 is 11.7 Å². The predicted molar refractivity (Wildman–Crippen MR) is 183 cm³/mol. The van der Waals surface area contributed by atoms with E-state index in [1.54, 1.807) is 25.3 Å². The highest BCUT2D eigenvalue weighted by Gasteiger charge is 2.31. The highest BCUT2D eigenvalue weighted by molar-refractivity contribution is 5.86. The molecular weight excluding hydrogens is 561 g/mol. The van der Waals surface area contributed by atoms with E-state index in [-0.39, 0.29) is 12.2 Å². The van der Waals surface area contributed by atoms with Crippen LogP contribution in [0.4, 0.5) is 13.2 Å². The Morgan fingerprint density at radius 1 is 0.909 bits per heavy atom. The molecule has 0 fully saturated rings. The SMILES string of the molecule is C=CN=Cc1cc(-c2cc(-c3cc(C(F)(F)F)ccc3C)ccc2O)ccc1C.CC.CCC.CCCC(C)CC.NC=O. The van der Waals surface area contributed by atoms with Crippen molar-refractivity contribution in [2.24, 2.45) is 16.6 Å². The van der Waals surface area contributed by atoms with Crippen LogP contribution in [0.2, 0.25) is 0 Å². The number of primary amides is 1. The molecule has 0 aliphatic rings. The van der Waals surface area contributed by atoms with Crippen molar-refractivity contribution in [3.63, 3.8) is 0 Å². The van der Waals surface area contributed by atoms with E-state index in [1.807, 2.05) is 39.0 Å². The summed E-state index contributed by atoms with van der Waals surface area (Å²) in [6.07, 6.45) is 4.27. The first-order valence-corrected chi connectivity index (χ1v) is 15.3. The number of aryl methyl sites for hydroxylation is 2. The molecule has 1 unspecified atom stereocenters. The van der Waals surface area contributed by atoms with Gasteiger partial charge in [0.05, 0.1) is 5.56 Å². The number of carbonyl (C=O) groups is 1. The third-order valence-corrected chi connectivity index (χ3v) is 6.26. The lowest BCUT2D eigenvalue weighted by molar-refractivity contribution is -0.137. The van der Waals surface area contributed by atoms with Gasteiger partial charge in [-0.3, -0.25) is 9.79 Å². The van der Waals surface area contributed by atoms with Crippen LogP contribution in [0.25, 0.3) is 22.3 Å². The number of hydrogen-bond acceptors (Lipinski definition) is 3. The zero-order valence-electron chi connectivity index (χ0n) is 28.1. The van der Waals surface area contributed by atoms with E-state index in [4.69, 9.17) is 4.79 Å². The maximum Gasteiger partial charge on any atom is 0.416 e. The number of nitrogens with two attached hydrogens (primary N) is 1. The molecule has 0 aromatic heterocycles. The number of carbonyl (C=O) groups excluding carboxylic acids is 1. The van der Waals surface area contributed by atoms with E-state index in [2.05, 4.69) is 51.9 Å². The molecule has 0 saturated carbocycles. The van der Waals surface area contributed by atoms with Crippen molar-refractivity contribution < 1.29 is 23.1 Å². The van der Waals surface area contributed by atoms with Crippen molar-refractivity contribution in [3.8, 4) is 28.0 Å². The molecule has 0 aliphatic carbocycles. The van der Waals surface area contributed by atoms with Gasteiger partial charge in [0.1, 0.15) is 5.75 Å². The van der Waals surface area contributed by atoms with Crippen LogP contribution >= 0.6 is 0 Å². The molecular formula is C37H53F3N2O2. The van der Waals surface area contributed by atoms with Gasteiger partial charge in [0.25, 0.3) is 0 Å². The number of alkyl halides is 3. The van der Waals surface area contributed by atoms with Crippen LogP contribution in [0.1, 0.15) is 96.4 Å². The number of aliphatic imine (C=N–C) groups is 1. The van der Waals surface area contributed by atoms with Gasteiger partial charge in [-0.25, -0.2) is 0 Å². The zero-order chi connectivity index (χ0) is 34.3. The van der Waals surface area contributed by atoms with Crippen LogP contribution in [0, 0.1) is 19.8 Å². The average molecular weight is 615 g/mol. The Morgan fingerprint density at radius 2 is 1.43 bits per heavy atom. The Kier molecular flexibility index (Phi) is 22.6. The fourth-order valence-electron chi connectivity index (χ4n) is 3.82. The number of nitrogens with zero attached hydrogens (tertiary/aromatic N) is 1. The molecule has 0 bridgehead atoms. The van der Waals surface area contributed by atoms with Gasteiger partial charge in [-0.05, 0) is 83.5 Å². The van der Waals surface area contributed by atoms with E-state index >= 15 is 0 Å². The van der Waals surface area contributed by atoms with Gasteiger partial charge in [-0.1, -0.05) is 105 Å². The van der Waals surface area contributed by atoms with Gasteiger partial charge >= 0.3 is 6.18 Å². The minimum atomic E-state index is -4.42. The first kappa shape index (κ1) is 42.3. The van der Waals surface area contributed by atoms with Crippen molar-refractivity contribution in [3.05, 3.63) is 89.6 Å². The Labute approximate surface area is 264 Å². The second kappa shape index (κ2) is 23.6. The molecule has 0 heterocycles. The van der Waals surface area contributed by atoms with Crippen molar-refractivity contribution in [2.45, 2.75) is 94.2 Å². The van der Waals surface area contributed by atoms with Crippen LogP contribution in [-0.4, -0.2) is 17.7 Å². The summed E-state index contributed by atoms with van der Waals surface area (Å²) in [6.45, 7) is 22.3. The fraction of sp³-hybridized carbons (Fsp3) is 0.405. The third-order valence-electron chi connectivity index (χ3n) is 6.26. The van der Waals surface area contributed by atoms with Crippen molar-refractivity contribution in [2.75, 3.05) is 0 Å². The van der Waals surface area contributed by atoms with Crippen LogP contribution in [-0.2, 0) is 11.0 Å². The Balaban J connectivity index is 0. The highest BCUT2D eigenvalue weighted by Crippen LogP contribution is 2.38. The summed E-state index contributed by atoms with van der Waals surface area (Å²) in [4.78, 5) is 12.6. The van der Waals surface area contributed by atoms with E-state index in [1.165, 1.54) is 44.0 Å². The summed E-state index contributed by atoms with van der Waals surface area (Å²) >= 11 is 0. The van der Waals surface area contributed by atoms with Gasteiger partial charge in [0.2, 0.25) is 6.41 Å². The van der Waals surface area contributed by atoms with E-state index in [9.17, 15) is 18.3 Å². The van der Waals surface area contributed by atoms with Gasteiger partial charge in [-0.2, -0.15) is 13.2 Å². The molecule has 3 aromatic carbocycles. The Bertz CT molecular complexity index is 1270. The van der Waals surface area contributed by atoms with Gasteiger partial charge in [0.15, 0.2) is 0 Å². The maximum atomic E-state index is 13.1. The summed E-state index contributed by atoms with van der Waals surface area (Å²) in [5.41, 5.74) is 8.40. The Morgan fingerprint density at radius 3 is 1.91 bits per heavy atom. The van der Waals surface area contributed by atoms with E-state index in [0.717, 1.165) is 40.3 Å². The molecule has 1 atom stereocenters. The van der Waals surface area contributed by atoms with Crippen LogP contribution in [0.5, 0.6) is 5.75 Å². The second-order valence-corrected chi connectivity index (χ2v) is 9.94. The Hall–Kier alpha value is -3.87. The van der Waals surface area contributed by atoms with Gasteiger partial charge in [0, 0.05) is 18.0 Å². The molecule has 3 N–H and O–H groups in total. The van der Waals surface area contributed by atoms with Crippen molar-refractivity contribution in [1.29, 1.82) is 0 Å². The molecule has 7 heteroatoms. The lowest BCUT2D eigenvalue weighted by Crippen LogP contribution is -2.05. The number of benzene rings is 3. The first-order valence-electron chi connectivity index (χ1n) is 15.3. The largest absolute Gasteiger partial charge is 0.507 e. The number of hydrogen-bond donors (Lipinski definition) is 2. The van der Waals surface area contributed by atoms with Gasteiger partial charge < -0.3 is 10.8 Å². The summed E-state index contributed by atoms with van der Waals surface area (Å²) in [5, 5.41) is 10.4. The molecule has 0 aliphatic heterocycles. The third kappa shape index (κ3) is 15.6. The zero-order valence-corrected chi connectivity index (χ0v) is 28.1. The lowest BCUT2D eigenvalue weighted by Gasteiger charge is -2.14. The number of halogens is 3. The maximum absolute atomic E-state index is 13.1. The molecule has 0 saturated heterocycles. The molecule has 3 rings (SSSR count). The molecule has 0 spiro atoms. The smallest absolute Gasteiger partial charge is 0.416 e. The number of aromatic hydroxyl groups is 1. The van der Waals surface area contributed by atoms with Crippen LogP contribution < -0.4 is 5.73 Å². The topological polar surface area (TPSA) is 75.7 Å². The second-order valence-electron chi connectivity index (χ2n) is 9.94. The van der Waals surface area contributed by atoms with Crippen LogP contribution in [0.15, 0.2) is 72.4 Å². The number of rotatable bonds is 7. The molecule has 3 aromatic rings. The standard InChI is InChI=1S/C24H20F3NO.C7H16.C3H8.C2H6.CH3NO/c1-4-28-14-19-11-17(7-5-15(19)2)22-12-18(8-10-23(22)29)21-13-20(24(25,26)27)9-6-16(21)3;1-4-6-7(3)5-2;1-3-2;1-2;2-1-3/h4-14,29H,1H2,2-3H3;7H,4-6H2,1-3H3;3H2,1-2H3;1-2H3;1H,(H2,2,3). The number of amides is 1. The quantitative estimate of drug-likeness (QED) is 0.205. The molecule has 4 nitrogen and oxygen atoms in total. The lowest BCUT2D eigenvalue weighted by atomic mass is 9.93. The highest BCUT2D eigenvalue weighted by atomic mass is 19.4. The minimum absolute atomic E-state index is 0.0499. The number of phenols is 1.